The number of benzene rings is 4. The zero-order valence-electron chi connectivity index (χ0n) is 25.9. The molecule has 11 nitrogen and oxygen atoms in total. The summed E-state index contributed by atoms with van der Waals surface area (Å²) in [5, 5.41) is 5.45. The molecule has 12 heteroatoms. The first kappa shape index (κ1) is 33.2. The van der Waals surface area contributed by atoms with Crippen molar-refractivity contribution in [2.45, 2.75) is 0 Å². The van der Waals surface area contributed by atoms with Crippen molar-refractivity contribution in [2.75, 3.05) is 17.7 Å². The first-order valence-electron chi connectivity index (χ1n) is 14.5. The lowest BCUT2D eigenvalue weighted by Crippen LogP contribution is -2.12. The van der Waals surface area contributed by atoms with Crippen LogP contribution in [0.15, 0.2) is 128 Å². The van der Waals surface area contributed by atoms with E-state index in [9.17, 15) is 14.0 Å². The van der Waals surface area contributed by atoms with Crippen molar-refractivity contribution in [3.8, 4) is 41.1 Å². The maximum Gasteiger partial charge on any atom is 0.255 e. The van der Waals surface area contributed by atoms with Crippen LogP contribution in [0.5, 0.6) is 28.7 Å². The molecule has 242 valence electrons. The molecule has 0 spiro atoms. The number of hydrogen-bond acceptors (Lipinski definition) is 9. The third kappa shape index (κ3) is 9.93. The van der Waals surface area contributed by atoms with Gasteiger partial charge in [0.15, 0.2) is 11.5 Å². The lowest BCUT2D eigenvalue weighted by atomic mass is 10.1. The zero-order valence-corrected chi connectivity index (χ0v) is 25.9. The normalized spacial score (nSPS) is 9.98. The monoisotopic (exact) mass is 654 g/mol. The number of methoxy groups -OCH3 is 1. The van der Waals surface area contributed by atoms with Crippen LogP contribution in [0, 0.1) is 18.2 Å². The largest absolute Gasteiger partial charge is 0.497 e. The van der Waals surface area contributed by atoms with Gasteiger partial charge >= 0.3 is 0 Å². The van der Waals surface area contributed by atoms with Gasteiger partial charge in [-0.05, 0) is 54.6 Å². The van der Waals surface area contributed by atoms with E-state index in [0.717, 1.165) is 0 Å². The quantitative estimate of drug-likeness (QED) is 0.155. The summed E-state index contributed by atoms with van der Waals surface area (Å²) in [5.41, 5.74) is 2.42. The highest BCUT2D eigenvalue weighted by Crippen LogP contribution is 2.26. The minimum atomic E-state index is -0.546. The number of amides is 2. The van der Waals surface area contributed by atoms with Crippen LogP contribution in [-0.4, -0.2) is 38.9 Å². The van der Waals surface area contributed by atoms with Crippen molar-refractivity contribution in [2.24, 2.45) is 0 Å². The number of nitrogens with zero attached hydrogens (tertiary/aromatic N) is 4. The molecule has 2 heterocycles. The van der Waals surface area contributed by atoms with Crippen molar-refractivity contribution in [1.29, 1.82) is 0 Å². The number of hydrogen-bond donors (Lipinski definition) is 2. The average molecular weight is 655 g/mol. The Morgan fingerprint density at radius 2 is 1.18 bits per heavy atom. The lowest BCUT2D eigenvalue weighted by Gasteiger charge is -2.10. The Morgan fingerprint density at radius 1 is 0.633 bits per heavy atom. The fourth-order valence-corrected chi connectivity index (χ4v) is 4.20. The Kier molecular flexibility index (Phi) is 11.1. The van der Waals surface area contributed by atoms with Crippen molar-refractivity contribution in [1.82, 2.24) is 19.9 Å². The molecule has 2 amide bonds. The Bertz CT molecular complexity index is 2090. The van der Waals surface area contributed by atoms with E-state index >= 15 is 0 Å². The Balaban J connectivity index is 0.000000191. The van der Waals surface area contributed by atoms with Crippen LogP contribution in [0.1, 0.15) is 26.3 Å². The summed E-state index contributed by atoms with van der Waals surface area (Å²) < 4.78 is 30.0. The highest BCUT2D eigenvalue weighted by Gasteiger charge is 2.11. The molecular weight excluding hydrogens is 627 g/mol. The van der Waals surface area contributed by atoms with Gasteiger partial charge in [0.05, 0.1) is 31.9 Å². The van der Waals surface area contributed by atoms with Gasteiger partial charge in [-0.2, -0.15) is 0 Å². The summed E-state index contributed by atoms with van der Waals surface area (Å²) in [6.45, 7) is 0. The summed E-state index contributed by atoms with van der Waals surface area (Å²) in [5.74, 6) is 3.55. The molecule has 2 N–H and O–H groups in total. The number of aromatic nitrogens is 4. The van der Waals surface area contributed by atoms with E-state index < -0.39 is 11.7 Å². The second-order valence-electron chi connectivity index (χ2n) is 9.92. The van der Waals surface area contributed by atoms with Crippen LogP contribution in [-0.2, 0) is 0 Å². The molecule has 0 fully saturated rings. The molecule has 0 bridgehead atoms. The molecule has 0 saturated carbocycles. The summed E-state index contributed by atoms with van der Waals surface area (Å²) in [7, 11) is 1.51. The summed E-state index contributed by atoms with van der Waals surface area (Å²) in [6.07, 6.45) is 14.2. The Hall–Kier alpha value is -7.13. The molecule has 0 aliphatic carbocycles. The number of nitrogens with one attached hydrogen (secondary N) is 2. The summed E-state index contributed by atoms with van der Waals surface area (Å²) in [4.78, 5) is 40.0. The molecule has 0 unspecified atom stereocenters. The van der Waals surface area contributed by atoms with Gasteiger partial charge in [-0.1, -0.05) is 24.1 Å². The predicted octanol–water partition coefficient (Wildman–Crippen LogP) is 7.17. The molecule has 6 rings (SSSR count). The SMILES string of the molecule is C#Cc1cccc(C(=O)Nc2cccc(Oc3cncnc3)c2)c1.COc1cccc(C(=O)Nc2cc(F)cc(Oc3cncnc3)c2)c1. The minimum absolute atomic E-state index is 0.218. The van der Waals surface area contributed by atoms with Crippen LogP contribution in [0.2, 0.25) is 0 Å². The molecular formula is C37H27FN6O5. The molecule has 6 aromatic rings. The van der Waals surface area contributed by atoms with Gasteiger partial charge < -0.3 is 24.8 Å². The Labute approximate surface area is 280 Å². The van der Waals surface area contributed by atoms with E-state index in [2.05, 4.69) is 36.5 Å². The summed E-state index contributed by atoms with van der Waals surface area (Å²) in [6, 6.07) is 24.5. The smallest absolute Gasteiger partial charge is 0.255 e. The average Bonchev–Trinajstić information content (AvgIpc) is 3.12. The van der Waals surface area contributed by atoms with Crippen LogP contribution in [0.3, 0.4) is 0 Å². The number of anilines is 2. The number of carbonyl (C=O) groups is 2. The van der Waals surface area contributed by atoms with Crippen molar-refractivity contribution in [3.05, 3.63) is 151 Å². The third-order valence-corrected chi connectivity index (χ3v) is 6.39. The van der Waals surface area contributed by atoms with E-state index in [-0.39, 0.29) is 17.3 Å². The van der Waals surface area contributed by atoms with E-state index in [1.54, 1.807) is 85.2 Å². The van der Waals surface area contributed by atoms with Crippen LogP contribution in [0.25, 0.3) is 0 Å². The van der Waals surface area contributed by atoms with Gasteiger partial charge in [0.1, 0.15) is 35.7 Å². The number of ether oxygens (including phenoxy) is 3. The highest BCUT2D eigenvalue weighted by molar-refractivity contribution is 6.05. The second-order valence-corrected chi connectivity index (χ2v) is 9.92. The maximum atomic E-state index is 13.8. The molecule has 4 aromatic carbocycles. The molecule has 0 atom stereocenters. The summed E-state index contributed by atoms with van der Waals surface area (Å²) >= 11 is 0. The van der Waals surface area contributed by atoms with Gasteiger partial charge in [-0.3, -0.25) is 9.59 Å². The first-order chi connectivity index (χ1) is 23.9. The molecule has 49 heavy (non-hydrogen) atoms. The second kappa shape index (κ2) is 16.4. The number of halogens is 1. The maximum absolute atomic E-state index is 13.8. The van der Waals surface area contributed by atoms with Gasteiger partial charge in [-0.15, -0.1) is 6.42 Å². The first-order valence-corrected chi connectivity index (χ1v) is 14.5. The molecule has 2 aromatic heterocycles. The lowest BCUT2D eigenvalue weighted by molar-refractivity contribution is 0.101. The highest BCUT2D eigenvalue weighted by atomic mass is 19.1. The molecule has 0 saturated heterocycles. The van der Waals surface area contributed by atoms with Crippen molar-refractivity contribution in [3.63, 3.8) is 0 Å². The third-order valence-electron chi connectivity index (χ3n) is 6.39. The van der Waals surface area contributed by atoms with Gasteiger partial charge in [0.2, 0.25) is 0 Å². The van der Waals surface area contributed by atoms with Crippen LogP contribution in [0.4, 0.5) is 15.8 Å². The van der Waals surface area contributed by atoms with Gasteiger partial charge in [0.25, 0.3) is 11.8 Å². The van der Waals surface area contributed by atoms with E-state index in [1.807, 2.05) is 0 Å². The van der Waals surface area contributed by atoms with E-state index in [0.29, 0.717) is 45.4 Å². The fraction of sp³-hybridized carbons (Fsp3) is 0.0270. The van der Waals surface area contributed by atoms with E-state index in [1.165, 1.54) is 50.4 Å². The Morgan fingerprint density at radius 3 is 1.84 bits per heavy atom. The number of rotatable bonds is 9. The molecule has 0 radical (unpaired) electrons. The van der Waals surface area contributed by atoms with Gasteiger partial charge in [0, 0.05) is 46.3 Å². The fourth-order valence-electron chi connectivity index (χ4n) is 4.20. The number of carbonyl (C=O) groups excluding carboxylic acids is 2. The van der Waals surface area contributed by atoms with E-state index in [4.69, 9.17) is 20.6 Å². The van der Waals surface area contributed by atoms with Crippen molar-refractivity contribution >= 4 is 23.2 Å². The standard InChI is InChI=1S/C19H13N3O2.C18H14FN3O3/c1-2-14-5-3-6-15(9-14)19(23)22-16-7-4-8-17(10-16)24-18-11-20-13-21-12-18;1-24-15-4-2-3-12(5-15)18(23)22-14-6-13(19)7-16(8-14)25-17-9-20-11-21-10-17/h1,3-13H,(H,22,23);2-11H,1H3,(H,22,23). The van der Waals surface area contributed by atoms with Crippen LogP contribution >= 0.6 is 0 Å². The topological polar surface area (TPSA) is 137 Å². The predicted molar refractivity (Wildman–Crippen MR) is 180 cm³/mol. The molecule has 0 aliphatic rings. The zero-order chi connectivity index (χ0) is 34.4. The number of terminal acetylenes is 1. The van der Waals surface area contributed by atoms with Gasteiger partial charge in [-0.25, -0.2) is 24.3 Å². The van der Waals surface area contributed by atoms with Crippen LogP contribution < -0.4 is 24.8 Å². The molecule has 0 aliphatic heterocycles. The van der Waals surface area contributed by atoms with Crippen molar-refractivity contribution < 1.29 is 28.2 Å². The minimum Gasteiger partial charge on any atom is -0.497 e.